The molecule has 0 atom stereocenters. The molecule has 0 saturated carbocycles. The van der Waals surface area contributed by atoms with Gasteiger partial charge < -0.3 is 10.6 Å². The summed E-state index contributed by atoms with van der Waals surface area (Å²) in [4.78, 5) is 13.5. The van der Waals surface area contributed by atoms with Crippen LogP contribution in [0.3, 0.4) is 0 Å². The predicted molar refractivity (Wildman–Crippen MR) is 74.7 cm³/mol. The van der Waals surface area contributed by atoms with Gasteiger partial charge in [0.2, 0.25) is 0 Å². The number of rotatable bonds is 2. The molecule has 18 heavy (non-hydrogen) atoms. The number of aromatic nitrogens is 2. The van der Waals surface area contributed by atoms with Crippen molar-refractivity contribution in [2.45, 2.75) is 32.7 Å². The normalized spacial score (nSPS) is 20.1. The molecule has 2 N–H and O–H groups in total. The van der Waals surface area contributed by atoms with Gasteiger partial charge in [-0.05, 0) is 20.9 Å². The van der Waals surface area contributed by atoms with Crippen LogP contribution in [-0.2, 0) is 6.42 Å². The Kier molecular flexibility index (Phi) is 3.43. The number of hydrogen-bond acceptors (Lipinski definition) is 5. The van der Waals surface area contributed by atoms with E-state index in [1.807, 2.05) is 13.0 Å². The molecule has 0 amide bonds. The number of nitrogens with zero attached hydrogens (tertiary/aromatic N) is 4. The van der Waals surface area contributed by atoms with Crippen LogP contribution in [0.1, 0.15) is 26.6 Å². The zero-order valence-corrected chi connectivity index (χ0v) is 11.8. The lowest BCUT2D eigenvalue weighted by Crippen LogP contribution is -2.57. The maximum atomic E-state index is 5.85. The van der Waals surface area contributed by atoms with Gasteiger partial charge in [0.05, 0.1) is 0 Å². The molecule has 1 aliphatic heterocycles. The molecule has 0 radical (unpaired) electrons. The van der Waals surface area contributed by atoms with E-state index in [0.717, 1.165) is 37.7 Å². The van der Waals surface area contributed by atoms with Crippen LogP contribution in [0, 0.1) is 0 Å². The van der Waals surface area contributed by atoms with Crippen LogP contribution in [-0.4, -0.2) is 47.1 Å². The van der Waals surface area contributed by atoms with Crippen molar-refractivity contribution in [3.63, 3.8) is 0 Å². The van der Waals surface area contributed by atoms with Gasteiger partial charge in [0.1, 0.15) is 17.5 Å². The molecule has 0 aliphatic carbocycles. The summed E-state index contributed by atoms with van der Waals surface area (Å²) in [6.07, 6.45) is 0.815. The van der Waals surface area contributed by atoms with Crippen molar-refractivity contribution in [1.29, 1.82) is 0 Å². The smallest absolute Gasteiger partial charge is 0.134 e. The standard InChI is InChI=1S/C13H23N5/c1-5-11-15-10(14)8-12(16-11)18-7-6-17(4)13(2,3)9-18/h8H,5-7,9H2,1-4H3,(H2,14,15,16). The fourth-order valence-corrected chi connectivity index (χ4v) is 2.26. The van der Waals surface area contributed by atoms with Crippen molar-refractivity contribution in [3.05, 3.63) is 11.9 Å². The van der Waals surface area contributed by atoms with Gasteiger partial charge in [0, 0.05) is 37.7 Å². The Hall–Kier alpha value is -1.36. The largest absolute Gasteiger partial charge is 0.384 e. The van der Waals surface area contributed by atoms with Crippen LogP contribution < -0.4 is 10.6 Å². The van der Waals surface area contributed by atoms with Crippen LogP contribution in [0.5, 0.6) is 0 Å². The molecular formula is C13H23N5. The summed E-state index contributed by atoms with van der Waals surface area (Å²) in [6, 6.07) is 1.88. The molecule has 0 aromatic carbocycles. The maximum absolute atomic E-state index is 5.85. The first-order valence-corrected chi connectivity index (χ1v) is 6.52. The van der Waals surface area contributed by atoms with E-state index in [4.69, 9.17) is 5.73 Å². The van der Waals surface area contributed by atoms with Gasteiger partial charge in [-0.3, -0.25) is 4.90 Å². The first-order valence-electron chi connectivity index (χ1n) is 6.52. The highest BCUT2D eigenvalue weighted by Crippen LogP contribution is 2.24. The number of likely N-dealkylation sites (N-methyl/N-ethyl adjacent to an activating group) is 1. The van der Waals surface area contributed by atoms with Gasteiger partial charge in [-0.15, -0.1) is 0 Å². The minimum absolute atomic E-state index is 0.157. The number of hydrogen-bond donors (Lipinski definition) is 1. The second-order valence-electron chi connectivity index (χ2n) is 5.58. The summed E-state index contributed by atoms with van der Waals surface area (Å²) in [5.74, 6) is 2.34. The Bertz CT molecular complexity index is 429. The number of nitrogens with two attached hydrogens (primary N) is 1. The summed E-state index contributed by atoms with van der Waals surface area (Å²) in [6.45, 7) is 9.54. The Morgan fingerprint density at radius 2 is 2.06 bits per heavy atom. The molecule has 1 saturated heterocycles. The van der Waals surface area contributed by atoms with Crippen molar-refractivity contribution in [2.24, 2.45) is 0 Å². The van der Waals surface area contributed by atoms with E-state index in [-0.39, 0.29) is 5.54 Å². The zero-order valence-electron chi connectivity index (χ0n) is 11.8. The molecular weight excluding hydrogens is 226 g/mol. The molecule has 2 rings (SSSR count). The fraction of sp³-hybridized carbons (Fsp3) is 0.692. The van der Waals surface area contributed by atoms with Crippen LogP contribution in [0.15, 0.2) is 6.07 Å². The quantitative estimate of drug-likeness (QED) is 0.852. The van der Waals surface area contributed by atoms with Crippen molar-refractivity contribution in [2.75, 3.05) is 37.3 Å². The molecule has 0 bridgehead atoms. The van der Waals surface area contributed by atoms with E-state index in [9.17, 15) is 0 Å². The van der Waals surface area contributed by atoms with Crippen molar-refractivity contribution in [1.82, 2.24) is 14.9 Å². The number of nitrogen functional groups attached to an aromatic ring is 1. The molecule has 1 fully saturated rings. The van der Waals surface area contributed by atoms with E-state index >= 15 is 0 Å². The SMILES string of the molecule is CCc1nc(N)cc(N2CCN(C)C(C)(C)C2)n1. The van der Waals surface area contributed by atoms with E-state index < -0.39 is 0 Å². The van der Waals surface area contributed by atoms with E-state index in [2.05, 4.69) is 40.7 Å². The average molecular weight is 249 g/mol. The molecule has 0 unspecified atom stereocenters. The third kappa shape index (κ3) is 2.56. The van der Waals surface area contributed by atoms with Gasteiger partial charge in [-0.1, -0.05) is 6.92 Å². The number of anilines is 2. The predicted octanol–water partition coefficient (Wildman–Crippen LogP) is 1.15. The van der Waals surface area contributed by atoms with Crippen LogP contribution >= 0.6 is 0 Å². The van der Waals surface area contributed by atoms with Gasteiger partial charge in [-0.25, -0.2) is 9.97 Å². The summed E-state index contributed by atoms with van der Waals surface area (Å²) in [5.41, 5.74) is 6.01. The molecule has 0 spiro atoms. The summed E-state index contributed by atoms with van der Waals surface area (Å²) >= 11 is 0. The third-order valence-corrected chi connectivity index (χ3v) is 3.74. The van der Waals surface area contributed by atoms with Gasteiger partial charge in [0.15, 0.2) is 0 Å². The van der Waals surface area contributed by atoms with Crippen molar-refractivity contribution < 1.29 is 0 Å². The van der Waals surface area contributed by atoms with Crippen molar-refractivity contribution >= 4 is 11.6 Å². The average Bonchev–Trinajstić information content (AvgIpc) is 2.31. The summed E-state index contributed by atoms with van der Waals surface area (Å²) < 4.78 is 0. The lowest BCUT2D eigenvalue weighted by molar-refractivity contribution is 0.138. The summed E-state index contributed by atoms with van der Waals surface area (Å²) in [7, 11) is 2.17. The van der Waals surface area contributed by atoms with Crippen LogP contribution in [0.2, 0.25) is 0 Å². The van der Waals surface area contributed by atoms with Gasteiger partial charge in [0.25, 0.3) is 0 Å². The minimum Gasteiger partial charge on any atom is -0.384 e. The van der Waals surface area contributed by atoms with E-state index in [1.165, 1.54) is 0 Å². The zero-order chi connectivity index (χ0) is 13.3. The topological polar surface area (TPSA) is 58.3 Å². The molecule has 1 aromatic heterocycles. The monoisotopic (exact) mass is 249 g/mol. The molecule has 1 aromatic rings. The number of aryl methyl sites for hydroxylation is 1. The Labute approximate surface area is 109 Å². The van der Waals surface area contributed by atoms with E-state index in [1.54, 1.807) is 0 Å². The fourth-order valence-electron chi connectivity index (χ4n) is 2.26. The second-order valence-corrected chi connectivity index (χ2v) is 5.58. The second kappa shape index (κ2) is 4.72. The lowest BCUT2D eigenvalue weighted by Gasteiger charge is -2.45. The Morgan fingerprint density at radius 1 is 1.33 bits per heavy atom. The minimum atomic E-state index is 0.157. The maximum Gasteiger partial charge on any atom is 0.134 e. The highest BCUT2D eigenvalue weighted by molar-refractivity contribution is 5.47. The van der Waals surface area contributed by atoms with E-state index in [0.29, 0.717) is 5.82 Å². The van der Waals surface area contributed by atoms with Gasteiger partial charge in [-0.2, -0.15) is 0 Å². The van der Waals surface area contributed by atoms with Crippen LogP contribution in [0.25, 0.3) is 0 Å². The molecule has 2 heterocycles. The number of piperazine rings is 1. The Balaban J connectivity index is 2.24. The van der Waals surface area contributed by atoms with Crippen LogP contribution in [0.4, 0.5) is 11.6 Å². The summed E-state index contributed by atoms with van der Waals surface area (Å²) in [5, 5.41) is 0. The Morgan fingerprint density at radius 3 is 2.67 bits per heavy atom. The van der Waals surface area contributed by atoms with Crippen molar-refractivity contribution in [3.8, 4) is 0 Å². The molecule has 5 nitrogen and oxygen atoms in total. The molecule has 5 heteroatoms. The first kappa shape index (κ1) is 13.1. The lowest BCUT2D eigenvalue weighted by atomic mass is 10.00. The van der Waals surface area contributed by atoms with Gasteiger partial charge >= 0.3 is 0 Å². The highest BCUT2D eigenvalue weighted by Gasteiger charge is 2.31. The molecule has 1 aliphatic rings. The third-order valence-electron chi connectivity index (χ3n) is 3.74. The highest BCUT2D eigenvalue weighted by atomic mass is 15.3. The molecule has 100 valence electrons. The first-order chi connectivity index (χ1) is 8.42.